The number of nitrogens with two attached hydrogens (primary N) is 1. The topological polar surface area (TPSA) is 73.1 Å². The fourth-order valence-corrected chi connectivity index (χ4v) is 2.57. The molecule has 0 spiro atoms. The first-order valence-electron chi connectivity index (χ1n) is 6.72. The van der Waals surface area contributed by atoms with Crippen LogP contribution in [0.4, 0.5) is 5.82 Å². The van der Waals surface area contributed by atoms with E-state index in [4.69, 9.17) is 10.6 Å². The highest BCUT2D eigenvalue weighted by Gasteiger charge is 2.10. The Bertz CT molecular complexity index is 631. The van der Waals surface area contributed by atoms with Crippen LogP contribution in [0.25, 0.3) is 11.4 Å². The number of nitrogens with one attached hydrogen (secondary N) is 1. The van der Waals surface area contributed by atoms with Crippen molar-refractivity contribution in [1.82, 2.24) is 9.97 Å². The van der Waals surface area contributed by atoms with Crippen LogP contribution in [-0.2, 0) is 6.42 Å². The largest absolute Gasteiger partial charge is 0.496 e. The highest BCUT2D eigenvalue weighted by molar-refractivity contribution is 9.10. The molecule has 0 amide bonds. The van der Waals surface area contributed by atoms with Crippen LogP contribution in [0, 0.1) is 5.92 Å². The number of hydrogen-bond donors (Lipinski definition) is 2. The van der Waals surface area contributed by atoms with Gasteiger partial charge in [0.05, 0.1) is 11.6 Å². The number of rotatable bonds is 5. The first kappa shape index (κ1) is 15.7. The molecule has 0 radical (unpaired) electrons. The predicted octanol–water partition coefficient (Wildman–Crippen LogP) is 3.40. The van der Waals surface area contributed by atoms with Crippen LogP contribution >= 0.6 is 15.9 Å². The van der Waals surface area contributed by atoms with E-state index in [0.29, 0.717) is 17.6 Å². The van der Waals surface area contributed by atoms with Gasteiger partial charge in [-0.05, 0) is 46.5 Å². The molecule has 2 aromatic rings. The van der Waals surface area contributed by atoms with E-state index in [1.807, 2.05) is 24.3 Å². The van der Waals surface area contributed by atoms with Crippen LogP contribution in [0.2, 0.25) is 0 Å². The maximum Gasteiger partial charge on any atom is 0.161 e. The highest BCUT2D eigenvalue weighted by atomic mass is 79.9. The number of nitrogen functional groups attached to an aromatic ring is 1. The Hall–Kier alpha value is -1.66. The predicted molar refractivity (Wildman–Crippen MR) is 88.1 cm³/mol. The minimum atomic E-state index is 0.515. The lowest BCUT2D eigenvalue weighted by molar-refractivity contribution is 0.412. The Labute approximate surface area is 133 Å². The Morgan fingerprint density at radius 3 is 2.62 bits per heavy atom. The smallest absolute Gasteiger partial charge is 0.161 e. The molecule has 3 N–H and O–H groups in total. The zero-order valence-electron chi connectivity index (χ0n) is 12.4. The highest BCUT2D eigenvalue weighted by Crippen LogP contribution is 2.29. The number of aromatic nitrogens is 2. The molecule has 1 heterocycles. The summed E-state index contributed by atoms with van der Waals surface area (Å²) in [6.45, 7) is 4.31. The molecule has 2 rings (SSSR count). The molecule has 0 aliphatic carbocycles. The van der Waals surface area contributed by atoms with E-state index in [1.165, 1.54) is 0 Å². The average molecular weight is 351 g/mol. The fraction of sp³-hybridized carbons (Fsp3) is 0.333. The van der Waals surface area contributed by atoms with Gasteiger partial charge < -0.3 is 10.2 Å². The second kappa shape index (κ2) is 6.87. The molecule has 0 fully saturated rings. The van der Waals surface area contributed by atoms with Crippen molar-refractivity contribution < 1.29 is 4.74 Å². The molecule has 6 heteroatoms. The van der Waals surface area contributed by atoms with Crippen molar-refractivity contribution in [1.29, 1.82) is 0 Å². The number of methoxy groups -OCH3 is 1. The first-order chi connectivity index (χ1) is 10.0. The number of hydrogen-bond acceptors (Lipinski definition) is 5. The third kappa shape index (κ3) is 3.92. The molecule has 0 aliphatic rings. The second-order valence-electron chi connectivity index (χ2n) is 5.16. The molecule has 0 saturated heterocycles. The molecule has 0 saturated carbocycles. The molecule has 0 aliphatic heterocycles. The zero-order chi connectivity index (χ0) is 15.4. The summed E-state index contributed by atoms with van der Waals surface area (Å²) in [6.07, 6.45) is 0.877. The van der Waals surface area contributed by atoms with Gasteiger partial charge in [0.15, 0.2) is 5.82 Å². The van der Waals surface area contributed by atoms with Crippen LogP contribution in [0.15, 0.2) is 28.7 Å². The number of hydrazine groups is 1. The van der Waals surface area contributed by atoms with Crippen molar-refractivity contribution in [2.24, 2.45) is 11.8 Å². The number of anilines is 1. The monoisotopic (exact) mass is 350 g/mol. The molecule has 0 atom stereocenters. The van der Waals surface area contributed by atoms with Crippen LogP contribution in [-0.4, -0.2) is 17.1 Å². The summed E-state index contributed by atoms with van der Waals surface area (Å²) in [6, 6.07) is 7.63. The number of halogens is 1. The van der Waals surface area contributed by atoms with Gasteiger partial charge in [0.25, 0.3) is 0 Å². The van der Waals surface area contributed by atoms with Crippen LogP contribution in [0.3, 0.4) is 0 Å². The van der Waals surface area contributed by atoms with Crippen molar-refractivity contribution in [2.45, 2.75) is 20.3 Å². The standard InChI is InChI=1S/C15H19BrN4O/c1-9(2)6-11-8-14(20-17)19-15(18-11)10-4-5-13(21-3)12(16)7-10/h4-5,7-9H,6,17H2,1-3H3,(H,18,19,20). The molecule has 5 nitrogen and oxygen atoms in total. The Morgan fingerprint density at radius 2 is 2.05 bits per heavy atom. The van der Waals surface area contributed by atoms with Crippen LogP contribution < -0.4 is 16.0 Å². The van der Waals surface area contributed by atoms with Gasteiger partial charge >= 0.3 is 0 Å². The third-order valence-electron chi connectivity index (χ3n) is 2.95. The van der Waals surface area contributed by atoms with Crippen molar-refractivity contribution >= 4 is 21.7 Å². The molecule has 21 heavy (non-hydrogen) atoms. The average Bonchev–Trinajstić information content (AvgIpc) is 2.46. The molecule has 112 valence electrons. The minimum absolute atomic E-state index is 0.515. The minimum Gasteiger partial charge on any atom is -0.496 e. The van der Waals surface area contributed by atoms with Crippen molar-refractivity contribution in [3.63, 3.8) is 0 Å². The van der Waals surface area contributed by atoms with Gasteiger partial charge in [-0.2, -0.15) is 0 Å². The van der Waals surface area contributed by atoms with Gasteiger partial charge in [-0.3, -0.25) is 0 Å². The van der Waals surface area contributed by atoms with E-state index in [0.717, 1.165) is 27.9 Å². The Morgan fingerprint density at radius 1 is 1.29 bits per heavy atom. The van der Waals surface area contributed by atoms with E-state index in [9.17, 15) is 0 Å². The lowest BCUT2D eigenvalue weighted by Crippen LogP contribution is -2.11. The van der Waals surface area contributed by atoms with Gasteiger partial charge in [0.1, 0.15) is 11.6 Å². The van der Waals surface area contributed by atoms with Crippen LogP contribution in [0.1, 0.15) is 19.5 Å². The van der Waals surface area contributed by atoms with Gasteiger partial charge in [-0.1, -0.05) is 13.8 Å². The number of benzene rings is 1. The molecular weight excluding hydrogens is 332 g/mol. The summed E-state index contributed by atoms with van der Waals surface area (Å²) < 4.78 is 6.10. The maximum absolute atomic E-state index is 5.50. The second-order valence-corrected chi connectivity index (χ2v) is 6.01. The van der Waals surface area contributed by atoms with E-state index >= 15 is 0 Å². The third-order valence-corrected chi connectivity index (χ3v) is 3.57. The Balaban J connectivity index is 2.44. The van der Waals surface area contributed by atoms with E-state index in [-0.39, 0.29) is 0 Å². The van der Waals surface area contributed by atoms with E-state index in [1.54, 1.807) is 7.11 Å². The maximum atomic E-state index is 5.50. The molecule has 0 unspecified atom stereocenters. The van der Waals surface area contributed by atoms with Gasteiger partial charge in [0, 0.05) is 17.3 Å². The number of nitrogens with zero attached hydrogens (tertiary/aromatic N) is 2. The first-order valence-corrected chi connectivity index (χ1v) is 7.51. The van der Waals surface area contributed by atoms with Crippen molar-refractivity contribution in [3.05, 3.63) is 34.4 Å². The van der Waals surface area contributed by atoms with Gasteiger partial charge in [-0.25, -0.2) is 15.8 Å². The van der Waals surface area contributed by atoms with E-state index in [2.05, 4.69) is 45.2 Å². The summed E-state index contributed by atoms with van der Waals surface area (Å²) in [5.74, 6) is 8.05. The van der Waals surface area contributed by atoms with Gasteiger partial charge in [0.2, 0.25) is 0 Å². The Kier molecular flexibility index (Phi) is 5.14. The molecule has 0 bridgehead atoms. The molecule has 1 aromatic carbocycles. The summed E-state index contributed by atoms with van der Waals surface area (Å²) in [7, 11) is 1.63. The lowest BCUT2D eigenvalue weighted by Gasteiger charge is -2.10. The quantitative estimate of drug-likeness (QED) is 0.638. The van der Waals surface area contributed by atoms with Gasteiger partial charge in [-0.15, -0.1) is 0 Å². The summed E-state index contributed by atoms with van der Waals surface area (Å²) in [5, 5.41) is 0. The zero-order valence-corrected chi connectivity index (χ0v) is 13.9. The fourth-order valence-electron chi connectivity index (χ4n) is 2.03. The SMILES string of the molecule is COc1ccc(-c2nc(CC(C)C)cc(NN)n2)cc1Br. The summed E-state index contributed by atoms with van der Waals surface area (Å²) in [5.41, 5.74) is 4.48. The molecular formula is C15H19BrN4O. The number of ether oxygens (including phenoxy) is 1. The van der Waals surface area contributed by atoms with Crippen molar-refractivity contribution in [3.8, 4) is 17.1 Å². The lowest BCUT2D eigenvalue weighted by atomic mass is 10.1. The normalized spacial score (nSPS) is 10.8. The van der Waals surface area contributed by atoms with E-state index < -0.39 is 0 Å². The van der Waals surface area contributed by atoms with Crippen molar-refractivity contribution in [2.75, 3.05) is 12.5 Å². The molecule has 1 aromatic heterocycles. The van der Waals surface area contributed by atoms with Crippen LogP contribution in [0.5, 0.6) is 5.75 Å². The summed E-state index contributed by atoms with van der Waals surface area (Å²) in [4.78, 5) is 9.04. The summed E-state index contributed by atoms with van der Waals surface area (Å²) >= 11 is 3.48.